The lowest BCUT2D eigenvalue weighted by molar-refractivity contribution is -0.176. The first-order valence-corrected chi connectivity index (χ1v) is 8.22. The van der Waals surface area contributed by atoms with Crippen LogP contribution >= 0.6 is 0 Å². The van der Waals surface area contributed by atoms with Crippen LogP contribution in [0.15, 0.2) is 0 Å². The van der Waals surface area contributed by atoms with Crippen LogP contribution in [0.5, 0.6) is 0 Å². The molecule has 2 atom stereocenters. The first-order chi connectivity index (χ1) is 11.9. The van der Waals surface area contributed by atoms with Crippen LogP contribution in [0.3, 0.4) is 0 Å². The highest BCUT2D eigenvalue weighted by molar-refractivity contribution is 5.75. The normalized spacial score (nSPS) is 14.6. The monoisotopic (exact) mass is 380 g/mol. The summed E-state index contributed by atoms with van der Waals surface area (Å²) in [5.41, 5.74) is -1.31. The summed E-state index contributed by atoms with van der Waals surface area (Å²) in [5, 5.41) is 0. The molecule has 0 aliphatic heterocycles. The molecule has 0 spiro atoms. The molecular formula is C16H32N2O8. The third kappa shape index (κ3) is 12.1. The van der Waals surface area contributed by atoms with Crippen molar-refractivity contribution in [3.05, 3.63) is 0 Å². The average Bonchev–Trinajstić information content (AvgIpc) is 2.46. The summed E-state index contributed by atoms with van der Waals surface area (Å²) >= 11 is 0. The fraction of sp³-hybridized carbons (Fsp3) is 0.875. The molecule has 0 aromatic heterocycles. The molecule has 4 N–H and O–H groups in total. The maximum Gasteiger partial charge on any atom is 0.340 e. The zero-order valence-electron chi connectivity index (χ0n) is 16.4. The number of carbonyl (C=O) groups excluding carboxylic acids is 2. The molecule has 0 amide bonds. The molecule has 0 bridgehead atoms. The summed E-state index contributed by atoms with van der Waals surface area (Å²) in [4.78, 5) is 32.7. The van der Waals surface area contributed by atoms with Gasteiger partial charge in [0.2, 0.25) is 0 Å². The van der Waals surface area contributed by atoms with Gasteiger partial charge in [-0.15, -0.1) is 0 Å². The molecule has 0 aliphatic rings. The third-order valence-corrected chi connectivity index (χ3v) is 2.58. The van der Waals surface area contributed by atoms with Crippen LogP contribution in [0.4, 0.5) is 0 Å². The van der Waals surface area contributed by atoms with Gasteiger partial charge in [0.15, 0.2) is 12.2 Å². The van der Waals surface area contributed by atoms with Gasteiger partial charge in [0.25, 0.3) is 0 Å². The molecule has 2 unspecified atom stereocenters. The van der Waals surface area contributed by atoms with E-state index in [0.717, 1.165) is 0 Å². The molecule has 154 valence electrons. The van der Waals surface area contributed by atoms with E-state index in [2.05, 4.69) is 9.68 Å². The first-order valence-electron chi connectivity index (χ1n) is 8.22. The van der Waals surface area contributed by atoms with Crippen LogP contribution < -0.4 is 11.8 Å². The molecule has 0 heterocycles. The summed E-state index contributed by atoms with van der Waals surface area (Å²) in [7, 11) is 0. The average molecular weight is 380 g/mol. The molecule has 0 aliphatic carbocycles. The minimum Gasteiger partial charge on any atom is -0.458 e. The standard InChI is InChI=1S/C16H32N2O8/c1-15(2,3)23-13(19)11(25-17)9-21-7-8-22-10-12(26-18)14(20)24-16(4,5)6/h11-12H,7-10,17-18H2,1-6H3. The molecule has 0 aromatic rings. The van der Waals surface area contributed by atoms with Crippen molar-refractivity contribution >= 4 is 11.9 Å². The van der Waals surface area contributed by atoms with Crippen molar-refractivity contribution in [3.8, 4) is 0 Å². The van der Waals surface area contributed by atoms with E-state index in [1.54, 1.807) is 41.5 Å². The summed E-state index contributed by atoms with van der Waals surface area (Å²) in [6, 6.07) is 0. The Bertz CT molecular complexity index is 391. The molecule has 0 fully saturated rings. The van der Waals surface area contributed by atoms with Crippen molar-refractivity contribution < 1.29 is 38.2 Å². The Morgan fingerprint density at radius 2 is 1.04 bits per heavy atom. The Kier molecular flexibility index (Phi) is 10.8. The quantitative estimate of drug-likeness (QED) is 0.290. The number of hydrogen-bond donors (Lipinski definition) is 2. The van der Waals surface area contributed by atoms with Crippen LogP contribution in [0.25, 0.3) is 0 Å². The van der Waals surface area contributed by atoms with Crippen molar-refractivity contribution in [1.82, 2.24) is 0 Å². The lowest BCUT2D eigenvalue weighted by atomic mass is 10.2. The lowest BCUT2D eigenvalue weighted by Crippen LogP contribution is -2.39. The summed E-state index contributed by atoms with van der Waals surface area (Å²) in [5.74, 6) is 8.92. The second-order valence-electron chi connectivity index (χ2n) is 7.47. The molecule has 0 saturated heterocycles. The van der Waals surface area contributed by atoms with Gasteiger partial charge in [0.05, 0.1) is 26.4 Å². The van der Waals surface area contributed by atoms with E-state index in [4.69, 9.17) is 30.7 Å². The van der Waals surface area contributed by atoms with Gasteiger partial charge in [-0.2, -0.15) is 0 Å². The van der Waals surface area contributed by atoms with Gasteiger partial charge in [-0.05, 0) is 41.5 Å². The Labute approximate surface area is 154 Å². The fourth-order valence-electron chi connectivity index (χ4n) is 1.56. The molecule has 0 radical (unpaired) electrons. The first kappa shape index (κ1) is 24.7. The van der Waals surface area contributed by atoms with Gasteiger partial charge in [0, 0.05) is 0 Å². The van der Waals surface area contributed by atoms with E-state index in [-0.39, 0.29) is 26.4 Å². The van der Waals surface area contributed by atoms with E-state index < -0.39 is 35.3 Å². The van der Waals surface area contributed by atoms with Crippen LogP contribution in [0.2, 0.25) is 0 Å². The molecule has 0 rings (SSSR count). The van der Waals surface area contributed by atoms with Gasteiger partial charge < -0.3 is 18.9 Å². The molecule has 10 nitrogen and oxygen atoms in total. The fourth-order valence-corrected chi connectivity index (χ4v) is 1.56. The van der Waals surface area contributed by atoms with E-state index in [9.17, 15) is 9.59 Å². The highest BCUT2D eigenvalue weighted by Crippen LogP contribution is 2.10. The highest BCUT2D eigenvalue weighted by Gasteiger charge is 2.27. The second-order valence-corrected chi connectivity index (χ2v) is 7.47. The smallest absolute Gasteiger partial charge is 0.340 e. The maximum atomic E-state index is 11.8. The van der Waals surface area contributed by atoms with Crippen molar-refractivity contribution in [2.75, 3.05) is 26.4 Å². The number of nitrogens with two attached hydrogens (primary N) is 2. The van der Waals surface area contributed by atoms with Crippen molar-refractivity contribution in [3.63, 3.8) is 0 Å². The van der Waals surface area contributed by atoms with Gasteiger partial charge >= 0.3 is 11.9 Å². The van der Waals surface area contributed by atoms with Crippen molar-refractivity contribution in [2.45, 2.75) is 65.0 Å². The van der Waals surface area contributed by atoms with Gasteiger partial charge in [0.1, 0.15) is 11.2 Å². The topological polar surface area (TPSA) is 142 Å². The predicted molar refractivity (Wildman–Crippen MR) is 91.4 cm³/mol. The number of rotatable bonds is 11. The molecule has 10 heteroatoms. The SMILES string of the molecule is CC(C)(C)OC(=O)C(COCCOCC(ON)C(=O)OC(C)(C)C)ON. The number of carbonyl (C=O) groups is 2. The van der Waals surface area contributed by atoms with Crippen LogP contribution in [-0.4, -0.2) is 61.8 Å². The second kappa shape index (κ2) is 11.4. The minimum atomic E-state index is -1.05. The Morgan fingerprint density at radius 3 is 1.27 bits per heavy atom. The van der Waals surface area contributed by atoms with Gasteiger partial charge in [-0.25, -0.2) is 21.4 Å². The van der Waals surface area contributed by atoms with E-state index >= 15 is 0 Å². The van der Waals surface area contributed by atoms with E-state index in [1.165, 1.54) is 0 Å². The van der Waals surface area contributed by atoms with Crippen molar-refractivity contribution in [1.29, 1.82) is 0 Å². The lowest BCUT2D eigenvalue weighted by Gasteiger charge is -2.23. The largest absolute Gasteiger partial charge is 0.458 e. The summed E-state index contributed by atoms with van der Waals surface area (Å²) in [6.45, 7) is 10.4. The van der Waals surface area contributed by atoms with Crippen molar-refractivity contribution in [2.24, 2.45) is 11.8 Å². The Hall–Kier alpha value is -1.30. The van der Waals surface area contributed by atoms with Crippen LogP contribution in [0.1, 0.15) is 41.5 Å². The van der Waals surface area contributed by atoms with Gasteiger partial charge in [-0.3, -0.25) is 9.68 Å². The number of esters is 2. The van der Waals surface area contributed by atoms with Crippen LogP contribution in [0, 0.1) is 0 Å². The zero-order chi connectivity index (χ0) is 20.4. The van der Waals surface area contributed by atoms with Gasteiger partial charge in [-0.1, -0.05) is 0 Å². The zero-order valence-corrected chi connectivity index (χ0v) is 16.4. The summed E-state index contributed by atoms with van der Waals surface area (Å²) in [6.07, 6.45) is -2.09. The third-order valence-electron chi connectivity index (χ3n) is 2.58. The predicted octanol–water partition coefficient (Wildman–Crippen LogP) is 0.221. The molecule has 0 aromatic carbocycles. The summed E-state index contributed by atoms with van der Waals surface area (Å²) < 4.78 is 20.8. The highest BCUT2D eigenvalue weighted by atomic mass is 16.7. The van der Waals surface area contributed by atoms with E-state index in [1.807, 2.05) is 0 Å². The van der Waals surface area contributed by atoms with Crippen LogP contribution in [-0.2, 0) is 38.2 Å². The molecule has 0 saturated carbocycles. The molecular weight excluding hydrogens is 348 g/mol. The Morgan fingerprint density at radius 1 is 0.731 bits per heavy atom. The van der Waals surface area contributed by atoms with E-state index in [0.29, 0.717) is 0 Å². The Balaban J connectivity index is 4.07. The maximum absolute atomic E-state index is 11.8. The number of ether oxygens (including phenoxy) is 4. The minimum absolute atomic E-state index is 0.0995. The number of hydrogen-bond acceptors (Lipinski definition) is 10. The molecule has 26 heavy (non-hydrogen) atoms.